The monoisotopic (exact) mass is 402 g/mol. The molecule has 29 heavy (non-hydrogen) atoms. The second-order valence-electron chi connectivity index (χ2n) is 7.14. The van der Waals surface area contributed by atoms with Gasteiger partial charge in [0.25, 0.3) is 0 Å². The lowest BCUT2D eigenvalue weighted by atomic mass is 10.1. The Morgan fingerprint density at radius 2 is 1.93 bits per heavy atom. The van der Waals surface area contributed by atoms with E-state index in [0.717, 1.165) is 38.2 Å². The number of esters is 1. The predicted octanol–water partition coefficient (Wildman–Crippen LogP) is 2.32. The van der Waals surface area contributed by atoms with Crippen molar-refractivity contribution in [3.8, 4) is 5.75 Å². The van der Waals surface area contributed by atoms with E-state index in [2.05, 4.69) is 27.0 Å². The molecule has 0 bridgehead atoms. The maximum Gasteiger partial charge on any atom is 0.356 e. The molecular formula is C21H30N4O4. The van der Waals surface area contributed by atoms with Crippen LogP contribution in [0.4, 0.5) is 5.69 Å². The smallest absolute Gasteiger partial charge is 0.356 e. The highest BCUT2D eigenvalue weighted by Crippen LogP contribution is 2.31. The number of carbonyl (C=O) groups is 2. The molecule has 0 unspecified atom stereocenters. The van der Waals surface area contributed by atoms with E-state index < -0.39 is 5.97 Å². The minimum atomic E-state index is -0.498. The van der Waals surface area contributed by atoms with E-state index in [4.69, 9.17) is 9.47 Å². The van der Waals surface area contributed by atoms with Crippen molar-refractivity contribution in [2.24, 2.45) is 0 Å². The van der Waals surface area contributed by atoms with Crippen molar-refractivity contribution in [3.05, 3.63) is 23.9 Å². The summed E-state index contributed by atoms with van der Waals surface area (Å²) in [5.74, 6) is -0.00228. The van der Waals surface area contributed by atoms with Gasteiger partial charge in [0.2, 0.25) is 5.91 Å². The number of aromatic amines is 1. The van der Waals surface area contributed by atoms with Crippen molar-refractivity contribution in [3.63, 3.8) is 0 Å². The van der Waals surface area contributed by atoms with Gasteiger partial charge in [-0.1, -0.05) is 6.92 Å². The average Bonchev–Trinajstić information content (AvgIpc) is 3.11. The first-order valence-corrected chi connectivity index (χ1v) is 10.1. The average molecular weight is 402 g/mol. The Balaban J connectivity index is 1.86. The highest BCUT2D eigenvalue weighted by molar-refractivity contribution is 6.12. The van der Waals surface area contributed by atoms with Crippen LogP contribution >= 0.6 is 0 Å². The number of hydrogen-bond donors (Lipinski definition) is 2. The number of carbonyl (C=O) groups excluding carboxylic acids is 2. The van der Waals surface area contributed by atoms with Gasteiger partial charge in [-0.25, -0.2) is 4.79 Å². The van der Waals surface area contributed by atoms with Crippen LogP contribution in [0.15, 0.2) is 18.2 Å². The largest absolute Gasteiger partial charge is 0.497 e. The Morgan fingerprint density at radius 1 is 1.21 bits per heavy atom. The molecular weight excluding hydrogens is 372 g/mol. The number of ether oxygens (including phenoxy) is 2. The van der Waals surface area contributed by atoms with Crippen molar-refractivity contribution in [2.45, 2.75) is 26.8 Å². The normalized spacial score (nSPS) is 16.6. The van der Waals surface area contributed by atoms with Crippen molar-refractivity contribution >= 4 is 28.5 Å². The number of nitrogens with one attached hydrogen (secondary N) is 2. The zero-order chi connectivity index (χ0) is 21.0. The Kier molecular flexibility index (Phi) is 6.76. The quantitative estimate of drug-likeness (QED) is 0.691. The van der Waals surface area contributed by atoms with Gasteiger partial charge in [-0.15, -0.1) is 0 Å². The second-order valence-corrected chi connectivity index (χ2v) is 7.14. The second kappa shape index (κ2) is 9.28. The SMILES string of the molecule is CCOC(=O)c1[nH]c2ccc(OC)cc2c1NC(=O)[C@@H](C)N1CCN(CC)CC1. The van der Waals surface area contributed by atoms with Gasteiger partial charge in [-0.05, 0) is 38.6 Å². The topological polar surface area (TPSA) is 86.9 Å². The minimum absolute atomic E-state index is 0.149. The van der Waals surface area contributed by atoms with Crippen LogP contribution in [0.2, 0.25) is 0 Å². The number of nitrogens with zero attached hydrogens (tertiary/aromatic N) is 2. The van der Waals surface area contributed by atoms with Crippen LogP contribution in [0, 0.1) is 0 Å². The lowest BCUT2D eigenvalue weighted by Crippen LogP contribution is -2.52. The van der Waals surface area contributed by atoms with Crippen LogP contribution in [0.5, 0.6) is 5.75 Å². The first kappa shape index (κ1) is 21.1. The van der Waals surface area contributed by atoms with Crippen LogP contribution in [-0.2, 0) is 9.53 Å². The molecule has 3 rings (SSSR count). The molecule has 1 amide bonds. The number of anilines is 1. The number of methoxy groups -OCH3 is 1. The molecule has 158 valence electrons. The third-order valence-corrected chi connectivity index (χ3v) is 5.51. The Bertz CT molecular complexity index is 871. The molecule has 2 heterocycles. The van der Waals surface area contributed by atoms with E-state index in [-0.39, 0.29) is 24.2 Å². The lowest BCUT2D eigenvalue weighted by Gasteiger charge is -2.36. The van der Waals surface area contributed by atoms with E-state index in [1.807, 2.05) is 13.0 Å². The molecule has 1 aliphatic heterocycles. The molecule has 1 aromatic heterocycles. The number of piperazine rings is 1. The number of likely N-dealkylation sites (N-methyl/N-ethyl adjacent to an activating group) is 1. The fourth-order valence-corrected chi connectivity index (χ4v) is 3.64. The highest BCUT2D eigenvalue weighted by Gasteiger charge is 2.28. The summed E-state index contributed by atoms with van der Waals surface area (Å²) >= 11 is 0. The van der Waals surface area contributed by atoms with Gasteiger partial charge in [0.05, 0.1) is 25.4 Å². The number of H-pyrrole nitrogens is 1. The summed E-state index contributed by atoms with van der Waals surface area (Å²) in [4.78, 5) is 33.1. The van der Waals surface area contributed by atoms with Gasteiger partial charge in [0.15, 0.2) is 0 Å². The maximum atomic E-state index is 13.0. The van der Waals surface area contributed by atoms with Crippen LogP contribution in [0.25, 0.3) is 10.9 Å². The molecule has 1 aromatic carbocycles. The lowest BCUT2D eigenvalue weighted by molar-refractivity contribution is -0.121. The summed E-state index contributed by atoms with van der Waals surface area (Å²) in [6.45, 7) is 10.7. The maximum absolute atomic E-state index is 13.0. The number of aromatic nitrogens is 1. The number of amides is 1. The minimum Gasteiger partial charge on any atom is -0.497 e. The Morgan fingerprint density at radius 3 is 2.55 bits per heavy atom. The van der Waals surface area contributed by atoms with Crippen LogP contribution in [-0.4, -0.2) is 79.1 Å². The number of hydrogen-bond acceptors (Lipinski definition) is 6. The van der Waals surface area contributed by atoms with Gasteiger partial charge < -0.3 is 24.7 Å². The van der Waals surface area contributed by atoms with E-state index in [1.54, 1.807) is 26.2 Å². The molecule has 8 nitrogen and oxygen atoms in total. The van der Waals surface area contributed by atoms with E-state index >= 15 is 0 Å². The summed E-state index contributed by atoms with van der Waals surface area (Å²) in [6.07, 6.45) is 0. The fraction of sp³-hybridized carbons (Fsp3) is 0.524. The van der Waals surface area contributed by atoms with Gasteiger partial charge >= 0.3 is 5.97 Å². The number of rotatable bonds is 7. The number of fused-ring (bicyclic) bond motifs is 1. The van der Waals surface area contributed by atoms with E-state index in [9.17, 15) is 9.59 Å². The van der Waals surface area contributed by atoms with Crippen LogP contribution in [0.1, 0.15) is 31.3 Å². The first-order valence-electron chi connectivity index (χ1n) is 10.1. The van der Waals surface area contributed by atoms with Gasteiger partial charge in [-0.2, -0.15) is 0 Å². The van der Waals surface area contributed by atoms with Crippen LogP contribution < -0.4 is 10.1 Å². The number of benzene rings is 1. The van der Waals surface area contributed by atoms with Crippen molar-refractivity contribution in [1.82, 2.24) is 14.8 Å². The van der Waals surface area contributed by atoms with Gasteiger partial charge in [0.1, 0.15) is 11.4 Å². The molecule has 1 fully saturated rings. The summed E-state index contributed by atoms with van der Waals surface area (Å²) in [5, 5.41) is 3.68. The fourth-order valence-electron chi connectivity index (χ4n) is 3.64. The standard InChI is InChI=1S/C21H30N4O4/c1-5-24-9-11-25(12-10-24)14(3)20(26)23-18-16-13-15(28-4)7-8-17(16)22-19(18)21(27)29-6-2/h7-8,13-14,22H,5-6,9-12H2,1-4H3,(H,23,26)/t14-/m1/s1. The molecule has 1 aliphatic rings. The summed E-state index contributed by atoms with van der Waals surface area (Å²) in [5.41, 5.74) is 1.40. The van der Waals surface area contributed by atoms with Crippen molar-refractivity contribution < 1.29 is 19.1 Å². The summed E-state index contributed by atoms with van der Waals surface area (Å²) < 4.78 is 10.5. The molecule has 1 saturated heterocycles. The molecule has 0 radical (unpaired) electrons. The first-order chi connectivity index (χ1) is 14.0. The molecule has 0 aliphatic carbocycles. The molecule has 0 saturated carbocycles. The van der Waals surface area contributed by atoms with Crippen LogP contribution in [0.3, 0.4) is 0 Å². The van der Waals surface area contributed by atoms with Gasteiger partial charge in [-0.3, -0.25) is 9.69 Å². The van der Waals surface area contributed by atoms with Crippen molar-refractivity contribution in [2.75, 3.05) is 51.8 Å². The Hall–Kier alpha value is -2.58. The molecule has 2 aromatic rings. The van der Waals surface area contributed by atoms with Gasteiger partial charge in [0, 0.05) is 37.1 Å². The zero-order valence-corrected chi connectivity index (χ0v) is 17.6. The predicted molar refractivity (Wildman–Crippen MR) is 113 cm³/mol. The third kappa shape index (κ3) is 4.54. The van der Waals surface area contributed by atoms with E-state index in [0.29, 0.717) is 16.8 Å². The molecule has 1 atom stereocenters. The molecule has 2 N–H and O–H groups in total. The third-order valence-electron chi connectivity index (χ3n) is 5.51. The molecule has 0 spiro atoms. The molecule has 8 heteroatoms. The summed E-state index contributed by atoms with van der Waals surface area (Å²) in [7, 11) is 1.58. The van der Waals surface area contributed by atoms with E-state index in [1.165, 1.54) is 0 Å². The Labute approximate surface area is 171 Å². The van der Waals surface area contributed by atoms with Crippen molar-refractivity contribution in [1.29, 1.82) is 0 Å². The highest BCUT2D eigenvalue weighted by atomic mass is 16.5. The summed E-state index contributed by atoms with van der Waals surface area (Å²) in [6, 6.07) is 5.11. The zero-order valence-electron chi connectivity index (χ0n) is 17.6.